The highest BCUT2D eigenvalue weighted by Crippen LogP contribution is 2.43. The average Bonchev–Trinajstić information content (AvgIpc) is 3.19. The third kappa shape index (κ3) is 4.11. The second-order valence-electron chi connectivity index (χ2n) is 9.08. The lowest BCUT2D eigenvalue weighted by Crippen LogP contribution is -2.30. The molecule has 1 fully saturated rings. The molecule has 0 bridgehead atoms. The summed E-state index contributed by atoms with van der Waals surface area (Å²) in [4.78, 5) is 41.6. The van der Waals surface area contributed by atoms with Crippen LogP contribution in [-0.2, 0) is 4.74 Å². The zero-order chi connectivity index (χ0) is 25.2. The van der Waals surface area contributed by atoms with Gasteiger partial charge in [0, 0.05) is 11.6 Å². The molecule has 3 aromatic rings. The van der Waals surface area contributed by atoms with Gasteiger partial charge in [-0.15, -0.1) is 0 Å². The molecule has 1 aliphatic carbocycles. The monoisotopic (exact) mass is 484 g/mol. The van der Waals surface area contributed by atoms with Crippen LogP contribution >= 0.6 is 0 Å². The van der Waals surface area contributed by atoms with Gasteiger partial charge in [-0.25, -0.2) is 9.69 Å². The number of carbonyl (C=O) groups is 3. The molecule has 184 valence electrons. The van der Waals surface area contributed by atoms with E-state index in [0.29, 0.717) is 22.7 Å². The number of esters is 1. The van der Waals surface area contributed by atoms with Crippen molar-refractivity contribution in [2.75, 3.05) is 24.4 Å². The van der Waals surface area contributed by atoms with Crippen molar-refractivity contribution in [3.8, 4) is 16.9 Å². The highest BCUT2D eigenvalue weighted by Gasteiger charge is 2.43. The van der Waals surface area contributed by atoms with Gasteiger partial charge in [-0.2, -0.15) is 0 Å². The van der Waals surface area contributed by atoms with Crippen molar-refractivity contribution in [2.24, 2.45) is 0 Å². The van der Waals surface area contributed by atoms with Crippen LogP contribution in [0.4, 0.5) is 11.4 Å². The SMILES string of the molecule is COC(=O)c1cc(-c2ccc(OC)cc2)c(NC2CCCCC2)c2c1C(=O)N(c1ccccc1)C2=O. The highest BCUT2D eigenvalue weighted by atomic mass is 16.5. The second kappa shape index (κ2) is 9.85. The molecule has 7 heteroatoms. The number of hydrogen-bond acceptors (Lipinski definition) is 6. The molecule has 36 heavy (non-hydrogen) atoms. The molecule has 2 amide bonds. The minimum Gasteiger partial charge on any atom is -0.497 e. The molecule has 3 aromatic carbocycles. The molecular weight excluding hydrogens is 456 g/mol. The maximum Gasteiger partial charge on any atom is 0.338 e. The van der Waals surface area contributed by atoms with E-state index in [4.69, 9.17) is 9.47 Å². The first-order chi connectivity index (χ1) is 17.5. The lowest BCUT2D eigenvalue weighted by Gasteiger charge is -2.27. The van der Waals surface area contributed by atoms with Gasteiger partial charge < -0.3 is 14.8 Å². The Balaban J connectivity index is 1.75. The Kier molecular flexibility index (Phi) is 6.46. The molecular formula is C29H28N2O5. The first kappa shape index (κ1) is 23.6. The quantitative estimate of drug-likeness (QED) is 0.357. The van der Waals surface area contributed by atoms with Gasteiger partial charge in [-0.3, -0.25) is 9.59 Å². The summed E-state index contributed by atoms with van der Waals surface area (Å²) in [7, 11) is 2.87. The number of carbonyl (C=O) groups excluding carboxylic acids is 3. The number of hydrogen-bond donors (Lipinski definition) is 1. The molecule has 1 saturated carbocycles. The van der Waals surface area contributed by atoms with Crippen molar-refractivity contribution in [1.82, 2.24) is 0 Å². The molecule has 1 heterocycles. The first-order valence-electron chi connectivity index (χ1n) is 12.2. The normalized spacial score (nSPS) is 15.6. The fraction of sp³-hybridized carbons (Fsp3) is 0.276. The zero-order valence-corrected chi connectivity index (χ0v) is 20.4. The van der Waals surface area contributed by atoms with E-state index < -0.39 is 17.8 Å². The molecule has 5 rings (SSSR count). The summed E-state index contributed by atoms with van der Waals surface area (Å²) >= 11 is 0. The van der Waals surface area contributed by atoms with Gasteiger partial charge in [0.25, 0.3) is 11.8 Å². The number of fused-ring (bicyclic) bond motifs is 1. The summed E-state index contributed by atoms with van der Waals surface area (Å²) < 4.78 is 10.4. The third-order valence-corrected chi connectivity index (χ3v) is 6.94. The van der Waals surface area contributed by atoms with Crippen LogP contribution in [0.3, 0.4) is 0 Å². The van der Waals surface area contributed by atoms with Crippen molar-refractivity contribution in [2.45, 2.75) is 38.1 Å². The number of amides is 2. The number of nitrogens with one attached hydrogen (secondary N) is 1. The van der Waals surface area contributed by atoms with Gasteiger partial charge in [-0.05, 0) is 48.7 Å². The van der Waals surface area contributed by atoms with Crippen LogP contribution in [0.2, 0.25) is 0 Å². The molecule has 1 aliphatic heterocycles. The van der Waals surface area contributed by atoms with Crippen LogP contribution < -0.4 is 15.0 Å². The van der Waals surface area contributed by atoms with E-state index in [0.717, 1.165) is 36.1 Å². The molecule has 1 N–H and O–H groups in total. The number of benzene rings is 3. The zero-order valence-electron chi connectivity index (χ0n) is 20.4. The maximum atomic E-state index is 13.9. The summed E-state index contributed by atoms with van der Waals surface area (Å²) in [6.45, 7) is 0. The number of nitrogens with zero attached hydrogens (tertiary/aromatic N) is 1. The van der Waals surface area contributed by atoms with E-state index in [9.17, 15) is 14.4 Å². The standard InChI is InChI=1S/C29H28N2O5/c1-35-21-15-13-18(14-16-21)22-17-23(29(34)36-2)24-25(26(22)30-19-9-5-3-6-10-19)28(33)31(27(24)32)20-11-7-4-8-12-20/h4,7-8,11-17,19,30H,3,5-6,9-10H2,1-2H3. The Hall–Kier alpha value is -4.13. The fourth-order valence-corrected chi connectivity index (χ4v) is 5.12. The summed E-state index contributed by atoms with van der Waals surface area (Å²) in [5, 5.41) is 3.60. The van der Waals surface area contributed by atoms with E-state index in [2.05, 4.69) is 5.32 Å². The summed E-state index contributed by atoms with van der Waals surface area (Å²) in [5.41, 5.74) is 2.85. The molecule has 0 radical (unpaired) electrons. The first-order valence-corrected chi connectivity index (χ1v) is 12.2. The number of rotatable bonds is 6. The summed E-state index contributed by atoms with van der Waals surface area (Å²) in [6, 6.07) is 18.0. The van der Waals surface area contributed by atoms with Crippen LogP contribution in [0.15, 0.2) is 60.7 Å². The predicted molar refractivity (Wildman–Crippen MR) is 138 cm³/mol. The Bertz CT molecular complexity index is 1310. The minimum atomic E-state index is -0.665. The number of methoxy groups -OCH3 is 2. The van der Waals surface area contributed by atoms with Crippen molar-refractivity contribution < 1.29 is 23.9 Å². The number of imide groups is 1. The Morgan fingerprint density at radius 1 is 0.889 bits per heavy atom. The predicted octanol–water partition coefficient (Wildman–Crippen LogP) is 5.69. The van der Waals surface area contributed by atoms with Gasteiger partial charge >= 0.3 is 5.97 Å². The van der Waals surface area contributed by atoms with Crippen molar-refractivity contribution >= 4 is 29.2 Å². The molecule has 0 atom stereocenters. The molecule has 0 saturated heterocycles. The van der Waals surface area contributed by atoms with Crippen molar-refractivity contribution in [3.63, 3.8) is 0 Å². The van der Waals surface area contributed by atoms with E-state index in [1.165, 1.54) is 13.5 Å². The summed E-state index contributed by atoms with van der Waals surface area (Å²) in [5.74, 6) is -0.965. The van der Waals surface area contributed by atoms with E-state index in [1.54, 1.807) is 37.4 Å². The van der Waals surface area contributed by atoms with Crippen molar-refractivity contribution in [3.05, 3.63) is 77.4 Å². The van der Waals surface area contributed by atoms with Crippen LogP contribution in [0.1, 0.15) is 63.2 Å². The van der Waals surface area contributed by atoms with E-state index in [1.807, 2.05) is 30.3 Å². The largest absolute Gasteiger partial charge is 0.497 e. The van der Waals surface area contributed by atoms with Gasteiger partial charge in [-0.1, -0.05) is 49.6 Å². The second-order valence-corrected chi connectivity index (χ2v) is 9.08. The van der Waals surface area contributed by atoms with Gasteiger partial charge in [0.05, 0.1) is 42.3 Å². The smallest absolute Gasteiger partial charge is 0.338 e. The Morgan fingerprint density at radius 3 is 2.19 bits per heavy atom. The van der Waals surface area contributed by atoms with Crippen LogP contribution in [-0.4, -0.2) is 38.0 Å². The van der Waals surface area contributed by atoms with Crippen molar-refractivity contribution in [1.29, 1.82) is 0 Å². The van der Waals surface area contributed by atoms with Crippen LogP contribution in [0.5, 0.6) is 5.75 Å². The van der Waals surface area contributed by atoms with E-state index in [-0.39, 0.29) is 22.7 Å². The topological polar surface area (TPSA) is 84.9 Å². The fourth-order valence-electron chi connectivity index (χ4n) is 5.12. The lowest BCUT2D eigenvalue weighted by molar-refractivity contribution is 0.0597. The molecule has 0 spiro atoms. The minimum absolute atomic E-state index is 0.0734. The van der Waals surface area contributed by atoms with Crippen LogP contribution in [0.25, 0.3) is 11.1 Å². The number of ether oxygens (including phenoxy) is 2. The summed E-state index contributed by atoms with van der Waals surface area (Å²) in [6.07, 6.45) is 5.32. The maximum absolute atomic E-state index is 13.9. The van der Waals surface area contributed by atoms with Gasteiger partial charge in [0.1, 0.15) is 5.75 Å². The van der Waals surface area contributed by atoms with Gasteiger partial charge in [0.2, 0.25) is 0 Å². The number of para-hydroxylation sites is 1. The average molecular weight is 485 g/mol. The van der Waals surface area contributed by atoms with Crippen LogP contribution in [0, 0.1) is 0 Å². The highest BCUT2D eigenvalue weighted by molar-refractivity contribution is 6.38. The lowest BCUT2D eigenvalue weighted by atomic mass is 9.90. The molecule has 0 unspecified atom stereocenters. The molecule has 0 aromatic heterocycles. The molecule has 2 aliphatic rings. The molecule has 7 nitrogen and oxygen atoms in total. The van der Waals surface area contributed by atoms with Gasteiger partial charge in [0.15, 0.2) is 0 Å². The Morgan fingerprint density at radius 2 is 1.56 bits per heavy atom. The Labute approximate surface area is 210 Å². The third-order valence-electron chi connectivity index (χ3n) is 6.94. The van der Waals surface area contributed by atoms with E-state index >= 15 is 0 Å². The number of anilines is 2.